The van der Waals surface area contributed by atoms with Gasteiger partial charge in [-0.2, -0.15) is 0 Å². The molecule has 0 aromatic heterocycles. The van der Waals surface area contributed by atoms with E-state index < -0.39 is 5.54 Å². The summed E-state index contributed by atoms with van der Waals surface area (Å²) in [4.78, 5) is 25.1. The minimum atomic E-state index is -0.862. The number of thiol groups is 1. The zero-order valence-electron chi connectivity index (χ0n) is 12.4. The van der Waals surface area contributed by atoms with E-state index >= 15 is 0 Å². The van der Waals surface area contributed by atoms with Gasteiger partial charge in [0.25, 0.3) is 0 Å². The minimum absolute atomic E-state index is 0.233. The van der Waals surface area contributed by atoms with Crippen molar-refractivity contribution < 1.29 is 14.3 Å². The average Bonchev–Trinajstić information content (AvgIpc) is 2.44. The number of hydrogen-bond acceptors (Lipinski definition) is 4. The summed E-state index contributed by atoms with van der Waals surface area (Å²) in [5, 5.41) is 2.87. The third kappa shape index (κ3) is 4.40. The molecule has 0 atom stereocenters. The molecule has 1 aliphatic carbocycles. The maximum absolute atomic E-state index is 12.2. The van der Waals surface area contributed by atoms with Gasteiger partial charge < -0.3 is 10.1 Å². The Balaban J connectivity index is 2.85. The molecule has 1 N–H and O–H groups in total. The highest BCUT2D eigenvalue weighted by Gasteiger charge is 2.41. The van der Waals surface area contributed by atoms with Crippen molar-refractivity contribution in [3.63, 3.8) is 0 Å². The Hall–Kier alpha value is -1.23. The number of carbonyl (C=O) groups is 2. The van der Waals surface area contributed by atoms with Gasteiger partial charge in [-0.1, -0.05) is 31.4 Å². The number of hydrogen-bond donors (Lipinski definition) is 2. The number of nitrogens with one attached hydrogen (secondary N) is 1. The monoisotopic (exact) mass is 297 g/mol. The molecule has 5 heteroatoms. The van der Waals surface area contributed by atoms with Crippen LogP contribution in [0.3, 0.4) is 0 Å². The first-order chi connectivity index (χ1) is 9.41. The molecule has 0 heterocycles. The van der Waals surface area contributed by atoms with Crippen molar-refractivity contribution in [2.24, 2.45) is 0 Å². The molecule has 1 aliphatic rings. The molecular formula is C15H23NO3S. The topological polar surface area (TPSA) is 55.4 Å². The van der Waals surface area contributed by atoms with Gasteiger partial charge in [0.05, 0.1) is 7.11 Å². The van der Waals surface area contributed by atoms with E-state index in [2.05, 4.69) is 17.9 Å². The van der Waals surface area contributed by atoms with Gasteiger partial charge in [0.15, 0.2) is 0 Å². The maximum Gasteiger partial charge on any atom is 0.331 e. The Bertz CT molecular complexity index is 430. The Morgan fingerprint density at radius 1 is 1.15 bits per heavy atom. The van der Waals surface area contributed by atoms with Gasteiger partial charge >= 0.3 is 5.97 Å². The van der Waals surface area contributed by atoms with Crippen LogP contribution in [0.5, 0.6) is 0 Å². The van der Waals surface area contributed by atoms with Crippen molar-refractivity contribution in [3.05, 3.63) is 22.6 Å². The number of methoxy groups -OCH3 is 1. The molecule has 0 radical (unpaired) electrons. The summed E-state index contributed by atoms with van der Waals surface area (Å²) in [5.74, 6) is -0.581. The molecule has 0 unspecified atom stereocenters. The molecule has 0 aromatic rings. The van der Waals surface area contributed by atoms with E-state index in [0.717, 1.165) is 24.2 Å². The molecule has 0 aliphatic heterocycles. The Morgan fingerprint density at radius 2 is 1.75 bits per heavy atom. The van der Waals surface area contributed by atoms with E-state index in [1.807, 2.05) is 6.92 Å². The first-order valence-electron chi connectivity index (χ1n) is 6.86. The summed E-state index contributed by atoms with van der Waals surface area (Å²) in [6.07, 6.45) is 7.67. The van der Waals surface area contributed by atoms with Crippen LogP contribution in [0.4, 0.5) is 0 Å². The van der Waals surface area contributed by atoms with Gasteiger partial charge in [-0.15, -0.1) is 12.6 Å². The standard InChI is InChI=1S/C15H23NO3S/c1-11(7-8-12(2)20)13(17)16-15(14(18)19-3)9-5-4-6-10-15/h7-8,20H,4-6,9-10H2,1-3H3,(H,16,17)/b11-7+,12-8-. The Morgan fingerprint density at radius 3 is 2.25 bits per heavy atom. The van der Waals surface area contributed by atoms with Crippen molar-refractivity contribution in [3.8, 4) is 0 Å². The molecule has 0 aromatic carbocycles. The van der Waals surface area contributed by atoms with Gasteiger partial charge in [-0.3, -0.25) is 4.79 Å². The van der Waals surface area contributed by atoms with E-state index in [1.165, 1.54) is 7.11 Å². The molecule has 1 amide bonds. The first-order valence-corrected chi connectivity index (χ1v) is 7.31. The fourth-order valence-electron chi connectivity index (χ4n) is 2.37. The average molecular weight is 297 g/mol. The van der Waals surface area contributed by atoms with Crippen molar-refractivity contribution in [2.45, 2.75) is 51.5 Å². The zero-order valence-corrected chi connectivity index (χ0v) is 13.3. The molecule has 1 fully saturated rings. The fraction of sp³-hybridized carbons (Fsp3) is 0.600. The lowest BCUT2D eigenvalue weighted by atomic mass is 9.81. The lowest BCUT2D eigenvalue weighted by Crippen LogP contribution is -2.56. The van der Waals surface area contributed by atoms with Gasteiger partial charge in [-0.25, -0.2) is 4.79 Å². The zero-order chi connectivity index (χ0) is 15.2. The van der Waals surface area contributed by atoms with Crippen LogP contribution in [0, 0.1) is 0 Å². The van der Waals surface area contributed by atoms with Crippen molar-refractivity contribution in [2.75, 3.05) is 7.11 Å². The third-order valence-electron chi connectivity index (χ3n) is 3.57. The second-order valence-electron chi connectivity index (χ2n) is 5.25. The lowest BCUT2D eigenvalue weighted by Gasteiger charge is -2.35. The van der Waals surface area contributed by atoms with Crippen molar-refractivity contribution in [1.82, 2.24) is 5.32 Å². The fourth-order valence-corrected chi connectivity index (χ4v) is 2.44. The summed E-state index contributed by atoms with van der Waals surface area (Å²) in [5.41, 5.74) is -0.314. The second-order valence-corrected chi connectivity index (χ2v) is 5.95. The largest absolute Gasteiger partial charge is 0.467 e. The number of ether oxygens (including phenoxy) is 1. The smallest absolute Gasteiger partial charge is 0.331 e. The minimum Gasteiger partial charge on any atom is -0.467 e. The van der Waals surface area contributed by atoms with Gasteiger partial charge in [-0.05, 0) is 31.6 Å². The van der Waals surface area contributed by atoms with E-state index in [0.29, 0.717) is 18.4 Å². The molecule has 1 saturated carbocycles. The normalized spacial score (nSPS) is 19.4. The SMILES string of the molecule is COC(=O)C1(NC(=O)/C(C)=C/C=C(/C)S)CCCCC1. The molecule has 0 bridgehead atoms. The van der Waals surface area contributed by atoms with Crippen LogP contribution >= 0.6 is 12.6 Å². The number of rotatable bonds is 4. The van der Waals surface area contributed by atoms with Crippen LogP contribution in [-0.4, -0.2) is 24.5 Å². The molecular weight excluding hydrogens is 274 g/mol. The summed E-state index contributed by atoms with van der Waals surface area (Å²) in [6.45, 7) is 3.55. The van der Waals surface area contributed by atoms with Gasteiger partial charge in [0, 0.05) is 5.57 Å². The van der Waals surface area contributed by atoms with Gasteiger partial charge in [0.1, 0.15) is 5.54 Å². The Labute approximate surface area is 126 Å². The van der Waals surface area contributed by atoms with Gasteiger partial charge in [0.2, 0.25) is 5.91 Å². The van der Waals surface area contributed by atoms with Crippen LogP contribution < -0.4 is 5.32 Å². The van der Waals surface area contributed by atoms with Crippen molar-refractivity contribution >= 4 is 24.5 Å². The summed E-state index contributed by atoms with van der Waals surface area (Å²) in [7, 11) is 1.36. The van der Waals surface area contributed by atoms with Crippen LogP contribution in [0.1, 0.15) is 46.0 Å². The molecule has 1 rings (SSSR count). The van der Waals surface area contributed by atoms with Crippen LogP contribution in [0.25, 0.3) is 0 Å². The quantitative estimate of drug-likeness (QED) is 0.363. The number of esters is 1. The van der Waals surface area contributed by atoms with E-state index in [1.54, 1.807) is 19.1 Å². The number of allylic oxidation sites excluding steroid dienone is 3. The molecule has 0 spiro atoms. The van der Waals surface area contributed by atoms with E-state index in [-0.39, 0.29) is 11.9 Å². The van der Waals surface area contributed by atoms with Crippen LogP contribution in [0.2, 0.25) is 0 Å². The van der Waals surface area contributed by atoms with E-state index in [4.69, 9.17) is 4.74 Å². The molecule has 0 saturated heterocycles. The highest BCUT2D eigenvalue weighted by atomic mass is 32.1. The summed E-state index contributed by atoms with van der Waals surface area (Å²) < 4.78 is 4.87. The maximum atomic E-state index is 12.2. The predicted octanol–water partition coefficient (Wildman–Crippen LogP) is 2.76. The third-order valence-corrected chi connectivity index (χ3v) is 3.72. The van der Waals surface area contributed by atoms with E-state index in [9.17, 15) is 9.59 Å². The Kier molecular flexibility index (Phi) is 6.33. The summed E-state index contributed by atoms with van der Waals surface area (Å²) in [6, 6.07) is 0. The van der Waals surface area contributed by atoms with Crippen LogP contribution in [-0.2, 0) is 14.3 Å². The lowest BCUT2D eigenvalue weighted by molar-refractivity contribution is -0.152. The highest BCUT2D eigenvalue weighted by molar-refractivity contribution is 7.84. The molecule has 4 nitrogen and oxygen atoms in total. The molecule has 20 heavy (non-hydrogen) atoms. The second kappa shape index (κ2) is 7.53. The predicted molar refractivity (Wildman–Crippen MR) is 82.5 cm³/mol. The van der Waals surface area contributed by atoms with Crippen LogP contribution in [0.15, 0.2) is 22.6 Å². The summed E-state index contributed by atoms with van der Waals surface area (Å²) >= 11 is 4.15. The van der Waals surface area contributed by atoms with Crippen molar-refractivity contribution in [1.29, 1.82) is 0 Å². The highest BCUT2D eigenvalue weighted by Crippen LogP contribution is 2.29. The number of carbonyl (C=O) groups excluding carboxylic acids is 2. The number of amides is 1. The molecule has 112 valence electrons. The first kappa shape index (κ1) is 16.8.